The average molecular weight is 194 g/mol. The molecule has 1 rings (SSSR count). The Labute approximate surface area is 85.3 Å². The molecule has 78 valence electrons. The molecular weight excluding hydrogens is 176 g/mol. The largest absolute Gasteiger partial charge is 0.402 e. The van der Waals surface area contributed by atoms with Crippen molar-refractivity contribution < 1.29 is 4.79 Å². The molecule has 1 amide bonds. The van der Waals surface area contributed by atoms with E-state index >= 15 is 0 Å². The maximum absolute atomic E-state index is 11.5. The normalized spacial score (nSPS) is 20.1. The third-order valence-electron chi connectivity index (χ3n) is 2.34. The van der Waals surface area contributed by atoms with Crippen molar-refractivity contribution in [3.8, 4) is 0 Å². The van der Waals surface area contributed by atoms with Gasteiger partial charge in [0.2, 0.25) is 5.91 Å². The summed E-state index contributed by atoms with van der Waals surface area (Å²) in [5.41, 5.74) is 7.26. The molecular formula is C11H18N2O. The van der Waals surface area contributed by atoms with Gasteiger partial charge in [-0.3, -0.25) is 4.79 Å². The Bertz CT molecular complexity index is 275. The highest BCUT2D eigenvalue weighted by atomic mass is 16.2. The first-order valence-electron chi connectivity index (χ1n) is 5.02. The van der Waals surface area contributed by atoms with Gasteiger partial charge in [-0.15, -0.1) is 0 Å². The highest BCUT2D eigenvalue weighted by molar-refractivity contribution is 5.78. The zero-order valence-electron chi connectivity index (χ0n) is 8.92. The van der Waals surface area contributed by atoms with Crippen LogP contribution in [0.3, 0.4) is 0 Å². The topological polar surface area (TPSA) is 46.3 Å². The average Bonchev–Trinajstić information content (AvgIpc) is 2.15. The maximum atomic E-state index is 11.5. The quantitative estimate of drug-likeness (QED) is 0.681. The molecule has 0 spiro atoms. The first-order chi connectivity index (χ1) is 6.61. The molecule has 2 N–H and O–H groups in total. The molecule has 0 aromatic carbocycles. The summed E-state index contributed by atoms with van der Waals surface area (Å²) < 4.78 is 0. The highest BCUT2D eigenvalue weighted by Crippen LogP contribution is 2.15. The van der Waals surface area contributed by atoms with E-state index in [0.717, 1.165) is 30.8 Å². The molecule has 0 unspecified atom stereocenters. The number of rotatable bonds is 2. The zero-order chi connectivity index (χ0) is 10.6. The molecule has 0 aromatic heterocycles. The Balaban J connectivity index is 2.67. The number of nitrogens with two attached hydrogens (primary N) is 1. The Morgan fingerprint density at radius 2 is 2.07 bits per heavy atom. The van der Waals surface area contributed by atoms with E-state index in [1.165, 1.54) is 0 Å². The van der Waals surface area contributed by atoms with E-state index in [4.69, 9.17) is 5.73 Å². The van der Waals surface area contributed by atoms with Crippen LogP contribution >= 0.6 is 0 Å². The fourth-order valence-corrected chi connectivity index (χ4v) is 1.52. The first kappa shape index (κ1) is 10.8. The summed E-state index contributed by atoms with van der Waals surface area (Å²) in [6.45, 7) is 4.63. The number of nitrogens with zero attached hydrogens (tertiary/aromatic N) is 1. The summed E-state index contributed by atoms with van der Waals surface area (Å²) in [5, 5.41) is 0. The summed E-state index contributed by atoms with van der Waals surface area (Å²) in [6.07, 6.45) is 6.53. The van der Waals surface area contributed by atoms with Crippen molar-refractivity contribution in [1.82, 2.24) is 4.90 Å². The summed E-state index contributed by atoms with van der Waals surface area (Å²) in [4.78, 5) is 13.3. The number of allylic oxidation sites excluding steroid dienone is 4. The van der Waals surface area contributed by atoms with Crippen LogP contribution in [-0.4, -0.2) is 17.4 Å². The van der Waals surface area contributed by atoms with Crippen LogP contribution in [0.25, 0.3) is 0 Å². The van der Waals surface area contributed by atoms with Gasteiger partial charge in [0.15, 0.2) is 0 Å². The summed E-state index contributed by atoms with van der Waals surface area (Å²) >= 11 is 0. The number of hydrogen-bond acceptors (Lipinski definition) is 2. The van der Waals surface area contributed by atoms with E-state index in [1.807, 2.05) is 30.9 Å². The minimum Gasteiger partial charge on any atom is -0.402 e. The molecule has 0 aromatic rings. The molecule has 0 bridgehead atoms. The van der Waals surface area contributed by atoms with Gasteiger partial charge in [0.25, 0.3) is 0 Å². The molecule has 0 atom stereocenters. The second-order valence-electron chi connectivity index (χ2n) is 3.72. The van der Waals surface area contributed by atoms with Crippen molar-refractivity contribution in [2.75, 3.05) is 6.54 Å². The van der Waals surface area contributed by atoms with Crippen LogP contribution in [-0.2, 0) is 4.79 Å². The minimum absolute atomic E-state index is 0.230. The summed E-state index contributed by atoms with van der Waals surface area (Å²) in [5.74, 6) is 0.230. The molecule has 14 heavy (non-hydrogen) atoms. The molecule has 1 fully saturated rings. The lowest BCUT2D eigenvalue weighted by molar-refractivity contribution is -0.131. The lowest BCUT2D eigenvalue weighted by Gasteiger charge is -2.27. The SMILES string of the molecule is C/C(N)=C\C=C(/C)N1CCCCC1=O. The molecule has 3 nitrogen and oxygen atoms in total. The van der Waals surface area contributed by atoms with Crippen molar-refractivity contribution in [3.05, 3.63) is 23.5 Å². The van der Waals surface area contributed by atoms with Gasteiger partial charge in [-0.1, -0.05) is 0 Å². The summed E-state index contributed by atoms with van der Waals surface area (Å²) in [6, 6.07) is 0. The number of hydrogen-bond donors (Lipinski definition) is 1. The molecule has 0 radical (unpaired) electrons. The zero-order valence-corrected chi connectivity index (χ0v) is 8.92. The van der Waals surface area contributed by atoms with Crippen LogP contribution < -0.4 is 5.73 Å². The van der Waals surface area contributed by atoms with E-state index in [0.29, 0.717) is 6.42 Å². The van der Waals surface area contributed by atoms with Gasteiger partial charge >= 0.3 is 0 Å². The fraction of sp³-hybridized carbons (Fsp3) is 0.545. The van der Waals surface area contributed by atoms with E-state index in [2.05, 4.69) is 0 Å². The number of amides is 1. The van der Waals surface area contributed by atoms with Crippen LogP contribution in [0.4, 0.5) is 0 Å². The van der Waals surface area contributed by atoms with Crippen molar-refractivity contribution in [1.29, 1.82) is 0 Å². The molecule has 0 aliphatic carbocycles. The van der Waals surface area contributed by atoms with Gasteiger partial charge in [0.1, 0.15) is 0 Å². The molecule has 3 heteroatoms. The Kier molecular flexibility index (Phi) is 3.74. The molecule has 0 saturated carbocycles. The standard InChI is InChI=1S/C11H18N2O/c1-9(12)6-7-10(2)13-8-4-3-5-11(13)14/h6-7H,3-5,8,12H2,1-2H3/b9-6+,10-7+. The van der Waals surface area contributed by atoms with Crippen LogP contribution in [0.15, 0.2) is 23.5 Å². The van der Waals surface area contributed by atoms with Crippen LogP contribution in [0.2, 0.25) is 0 Å². The smallest absolute Gasteiger partial charge is 0.226 e. The van der Waals surface area contributed by atoms with Crippen LogP contribution in [0, 0.1) is 0 Å². The van der Waals surface area contributed by atoms with Gasteiger partial charge in [-0.2, -0.15) is 0 Å². The maximum Gasteiger partial charge on any atom is 0.226 e. The number of carbonyl (C=O) groups is 1. The van der Waals surface area contributed by atoms with Gasteiger partial charge < -0.3 is 10.6 Å². The lowest BCUT2D eigenvalue weighted by Crippen LogP contribution is -2.33. The predicted octanol–water partition coefficient (Wildman–Crippen LogP) is 1.77. The van der Waals surface area contributed by atoms with Gasteiger partial charge in [-0.05, 0) is 38.8 Å². The Morgan fingerprint density at radius 3 is 2.64 bits per heavy atom. The third kappa shape index (κ3) is 2.91. The van der Waals surface area contributed by atoms with Crippen molar-refractivity contribution in [3.63, 3.8) is 0 Å². The number of likely N-dealkylation sites (tertiary alicyclic amines) is 1. The van der Waals surface area contributed by atoms with Crippen molar-refractivity contribution >= 4 is 5.91 Å². The lowest BCUT2D eigenvalue weighted by atomic mass is 10.1. The van der Waals surface area contributed by atoms with Crippen LogP contribution in [0.1, 0.15) is 33.1 Å². The number of carbonyl (C=O) groups excluding carboxylic acids is 1. The van der Waals surface area contributed by atoms with E-state index in [1.54, 1.807) is 0 Å². The number of piperidine rings is 1. The van der Waals surface area contributed by atoms with E-state index in [9.17, 15) is 4.79 Å². The second kappa shape index (κ2) is 4.84. The Morgan fingerprint density at radius 1 is 1.36 bits per heavy atom. The van der Waals surface area contributed by atoms with Crippen molar-refractivity contribution in [2.24, 2.45) is 5.73 Å². The van der Waals surface area contributed by atoms with E-state index in [-0.39, 0.29) is 5.91 Å². The van der Waals surface area contributed by atoms with E-state index < -0.39 is 0 Å². The predicted molar refractivity (Wildman–Crippen MR) is 57.3 cm³/mol. The van der Waals surface area contributed by atoms with Gasteiger partial charge in [0.05, 0.1) is 0 Å². The minimum atomic E-state index is 0.230. The van der Waals surface area contributed by atoms with Crippen molar-refractivity contribution in [2.45, 2.75) is 33.1 Å². The first-order valence-corrected chi connectivity index (χ1v) is 5.02. The van der Waals surface area contributed by atoms with Gasteiger partial charge in [-0.25, -0.2) is 0 Å². The summed E-state index contributed by atoms with van der Waals surface area (Å²) in [7, 11) is 0. The monoisotopic (exact) mass is 194 g/mol. The molecule has 1 aliphatic heterocycles. The fourth-order valence-electron chi connectivity index (χ4n) is 1.52. The Hall–Kier alpha value is -1.25. The molecule has 1 heterocycles. The van der Waals surface area contributed by atoms with Gasteiger partial charge in [0, 0.05) is 24.4 Å². The molecule has 1 aliphatic rings. The third-order valence-corrected chi connectivity index (χ3v) is 2.34. The highest BCUT2D eigenvalue weighted by Gasteiger charge is 2.18. The molecule has 1 saturated heterocycles. The second-order valence-corrected chi connectivity index (χ2v) is 3.72. The van der Waals surface area contributed by atoms with Crippen LogP contribution in [0.5, 0.6) is 0 Å².